The fourth-order valence-corrected chi connectivity index (χ4v) is 1.58. The minimum Gasteiger partial charge on any atom is -0.465 e. The second kappa shape index (κ2) is 5.01. The molecule has 0 bridgehead atoms. The Morgan fingerprint density at radius 1 is 1.47 bits per heavy atom. The van der Waals surface area contributed by atoms with Crippen LogP contribution in [0.15, 0.2) is 35.0 Å². The molecule has 0 fully saturated rings. The molecule has 0 unspecified atom stereocenters. The van der Waals surface area contributed by atoms with Gasteiger partial charge in [-0.15, -0.1) is 0 Å². The first-order valence-electron chi connectivity index (χ1n) is 5.10. The number of carbonyl (C=O) groups excluding carboxylic acids is 1. The zero-order valence-electron chi connectivity index (χ0n) is 9.24. The molecule has 0 radical (unpaired) electrons. The lowest BCUT2D eigenvalue weighted by atomic mass is 10.2. The van der Waals surface area contributed by atoms with Crippen molar-refractivity contribution >= 4 is 17.5 Å². The number of halogens is 1. The molecule has 0 atom stereocenters. The number of furan rings is 1. The first-order valence-corrected chi connectivity index (χ1v) is 5.47. The molecule has 17 heavy (non-hydrogen) atoms. The van der Waals surface area contributed by atoms with Crippen molar-refractivity contribution in [3.8, 4) is 0 Å². The van der Waals surface area contributed by atoms with Gasteiger partial charge in [-0.2, -0.15) is 0 Å². The van der Waals surface area contributed by atoms with Gasteiger partial charge >= 0.3 is 0 Å². The Morgan fingerprint density at radius 2 is 2.29 bits per heavy atom. The van der Waals surface area contributed by atoms with E-state index < -0.39 is 0 Å². The van der Waals surface area contributed by atoms with Crippen molar-refractivity contribution in [2.75, 3.05) is 0 Å². The zero-order valence-corrected chi connectivity index (χ0v) is 9.99. The minimum absolute atomic E-state index is 0.267. The summed E-state index contributed by atoms with van der Waals surface area (Å²) in [5.41, 5.74) is 0.359. The topological polar surface area (TPSA) is 55.1 Å². The van der Waals surface area contributed by atoms with Crippen molar-refractivity contribution in [2.45, 2.75) is 13.5 Å². The van der Waals surface area contributed by atoms with Crippen LogP contribution in [-0.4, -0.2) is 10.9 Å². The summed E-state index contributed by atoms with van der Waals surface area (Å²) in [5, 5.41) is 3.09. The third-order valence-corrected chi connectivity index (χ3v) is 2.56. The van der Waals surface area contributed by atoms with Gasteiger partial charge in [0.15, 0.2) is 0 Å². The maximum atomic E-state index is 11.8. The van der Waals surface area contributed by atoms with Gasteiger partial charge in [-0.25, -0.2) is 0 Å². The molecule has 0 saturated heterocycles. The molecule has 0 spiro atoms. The molecule has 88 valence electrons. The van der Waals surface area contributed by atoms with Gasteiger partial charge in [-0.05, 0) is 25.1 Å². The zero-order chi connectivity index (χ0) is 12.3. The van der Waals surface area contributed by atoms with Crippen molar-refractivity contribution in [3.05, 3.63) is 52.7 Å². The van der Waals surface area contributed by atoms with E-state index in [0.717, 1.165) is 5.76 Å². The molecule has 1 amide bonds. The van der Waals surface area contributed by atoms with E-state index in [0.29, 0.717) is 22.9 Å². The van der Waals surface area contributed by atoms with Crippen molar-refractivity contribution < 1.29 is 9.21 Å². The lowest BCUT2D eigenvalue weighted by Crippen LogP contribution is -2.23. The summed E-state index contributed by atoms with van der Waals surface area (Å²) in [6, 6.07) is 5.24. The van der Waals surface area contributed by atoms with Crippen molar-refractivity contribution in [1.29, 1.82) is 0 Å². The maximum Gasteiger partial charge on any atom is 0.254 e. The third-order valence-electron chi connectivity index (χ3n) is 2.23. The molecule has 0 aliphatic rings. The van der Waals surface area contributed by atoms with Crippen molar-refractivity contribution in [2.24, 2.45) is 0 Å². The van der Waals surface area contributed by atoms with E-state index in [1.54, 1.807) is 6.07 Å². The van der Waals surface area contributed by atoms with Crippen LogP contribution < -0.4 is 5.32 Å². The molecule has 0 aromatic carbocycles. The number of hydrogen-bond acceptors (Lipinski definition) is 3. The van der Waals surface area contributed by atoms with Gasteiger partial charge in [-0.3, -0.25) is 9.78 Å². The summed E-state index contributed by atoms with van der Waals surface area (Å²) < 4.78 is 5.34. The number of nitrogens with one attached hydrogen (secondary N) is 1. The Morgan fingerprint density at radius 3 is 2.94 bits per heavy atom. The van der Waals surface area contributed by atoms with E-state index in [1.807, 2.05) is 19.1 Å². The Kier molecular flexibility index (Phi) is 3.44. The molecular formula is C12H11ClN2O2. The highest BCUT2D eigenvalue weighted by Crippen LogP contribution is 2.13. The second-order valence-corrected chi connectivity index (χ2v) is 3.96. The van der Waals surface area contributed by atoms with E-state index in [4.69, 9.17) is 16.0 Å². The maximum absolute atomic E-state index is 11.8. The minimum atomic E-state index is -0.267. The predicted octanol–water partition coefficient (Wildman–Crippen LogP) is 2.57. The number of amides is 1. The van der Waals surface area contributed by atoms with Crippen LogP contribution >= 0.6 is 11.6 Å². The summed E-state index contributed by atoms with van der Waals surface area (Å²) >= 11 is 5.88. The smallest absolute Gasteiger partial charge is 0.254 e. The normalized spacial score (nSPS) is 10.2. The Hall–Kier alpha value is -1.81. The highest BCUT2D eigenvalue weighted by molar-refractivity contribution is 6.33. The molecular weight excluding hydrogens is 240 g/mol. The summed E-state index contributed by atoms with van der Waals surface area (Å²) in [5.74, 6) is 1.25. The Labute approximate surface area is 104 Å². The van der Waals surface area contributed by atoms with Gasteiger partial charge in [0, 0.05) is 12.4 Å². The SMILES string of the molecule is Cc1ccc(CNC(=O)c2cnccc2Cl)o1. The standard InChI is InChI=1S/C12H11ClN2O2/c1-8-2-3-9(17-8)6-15-12(16)10-7-14-5-4-11(10)13/h2-5,7H,6H2,1H3,(H,15,16). The molecule has 2 heterocycles. The van der Waals surface area contributed by atoms with Crippen LogP contribution in [0.1, 0.15) is 21.9 Å². The fraction of sp³-hybridized carbons (Fsp3) is 0.167. The summed E-state index contributed by atoms with van der Waals surface area (Å²) in [6.45, 7) is 2.18. The molecule has 0 saturated carbocycles. The first kappa shape index (κ1) is 11.7. The van der Waals surface area contributed by atoms with Crippen LogP contribution in [0.3, 0.4) is 0 Å². The number of aryl methyl sites for hydroxylation is 1. The number of aromatic nitrogens is 1. The first-order chi connectivity index (χ1) is 8.16. The van der Waals surface area contributed by atoms with Crippen LogP contribution in [0.25, 0.3) is 0 Å². The lowest BCUT2D eigenvalue weighted by Gasteiger charge is -2.04. The molecule has 0 aliphatic heterocycles. The van der Waals surface area contributed by atoms with E-state index in [9.17, 15) is 4.79 Å². The molecule has 1 N–H and O–H groups in total. The van der Waals surface area contributed by atoms with Crippen LogP contribution in [0, 0.1) is 6.92 Å². The van der Waals surface area contributed by atoms with Gasteiger partial charge in [0.2, 0.25) is 0 Å². The van der Waals surface area contributed by atoms with Gasteiger partial charge in [-0.1, -0.05) is 11.6 Å². The number of pyridine rings is 1. The van der Waals surface area contributed by atoms with E-state index >= 15 is 0 Å². The Balaban J connectivity index is 2.01. The summed E-state index contributed by atoms with van der Waals surface area (Å²) in [7, 11) is 0. The second-order valence-electron chi connectivity index (χ2n) is 3.55. The predicted molar refractivity (Wildman–Crippen MR) is 63.9 cm³/mol. The number of carbonyl (C=O) groups is 1. The number of nitrogens with zero attached hydrogens (tertiary/aromatic N) is 1. The molecule has 2 aromatic rings. The number of hydrogen-bond donors (Lipinski definition) is 1. The van der Waals surface area contributed by atoms with Crippen LogP contribution in [-0.2, 0) is 6.54 Å². The van der Waals surface area contributed by atoms with Gasteiger partial charge in [0.05, 0.1) is 17.1 Å². The summed E-state index contributed by atoms with van der Waals surface area (Å²) in [6.07, 6.45) is 2.97. The fourth-order valence-electron chi connectivity index (χ4n) is 1.39. The largest absolute Gasteiger partial charge is 0.465 e. The molecule has 5 heteroatoms. The van der Waals surface area contributed by atoms with Crippen LogP contribution in [0.2, 0.25) is 5.02 Å². The van der Waals surface area contributed by atoms with Crippen LogP contribution in [0.4, 0.5) is 0 Å². The quantitative estimate of drug-likeness (QED) is 0.911. The molecule has 4 nitrogen and oxygen atoms in total. The average Bonchev–Trinajstić information content (AvgIpc) is 2.73. The highest BCUT2D eigenvalue weighted by Gasteiger charge is 2.10. The van der Waals surface area contributed by atoms with Gasteiger partial charge in [0.25, 0.3) is 5.91 Å². The van der Waals surface area contributed by atoms with Crippen molar-refractivity contribution in [3.63, 3.8) is 0 Å². The molecule has 0 aliphatic carbocycles. The lowest BCUT2D eigenvalue weighted by molar-refractivity contribution is 0.0947. The molecule has 2 aromatic heterocycles. The van der Waals surface area contributed by atoms with E-state index in [1.165, 1.54) is 12.4 Å². The third kappa shape index (κ3) is 2.85. The van der Waals surface area contributed by atoms with E-state index in [-0.39, 0.29) is 5.91 Å². The molecule has 2 rings (SSSR count). The van der Waals surface area contributed by atoms with E-state index in [2.05, 4.69) is 10.3 Å². The highest BCUT2D eigenvalue weighted by atomic mass is 35.5. The monoisotopic (exact) mass is 250 g/mol. The van der Waals surface area contributed by atoms with Crippen LogP contribution in [0.5, 0.6) is 0 Å². The van der Waals surface area contributed by atoms with Crippen molar-refractivity contribution in [1.82, 2.24) is 10.3 Å². The van der Waals surface area contributed by atoms with Gasteiger partial charge in [0.1, 0.15) is 11.5 Å². The summed E-state index contributed by atoms with van der Waals surface area (Å²) in [4.78, 5) is 15.6. The average molecular weight is 251 g/mol. The Bertz CT molecular complexity index is 537. The van der Waals surface area contributed by atoms with Gasteiger partial charge < -0.3 is 9.73 Å². The number of rotatable bonds is 3.